The van der Waals surface area contributed by atoms with Crippen LogP contribution in [-0.2, 0) is 13.2 Å². The first kappa shape index (κ1) is 33.5. The van der Waals surface area contributed by atoms with Crippen molar-refractivity contribution < 1.29 is 4.74 Å². The van der Waals surface area contributed by atoms with Crippen LogP contribution in [0.25, 0.3) is 83.1 Å². The number of benzene rings is 9. The van der Waals surface area contributed by atoms with Gasteiger partial charge in [-0.05, 0) is 98.6 Å². The number of para-hydroxylation sites is 3. The van der Waals surface area contributed by atoms with Crippen LogP contribution in [0.1, 0.15) is 11.1 Å². The second-order valence-electron chi connectivity index (χ2n) is 15.6. The molecule has 0 amide bonds. The molecule has 12 rings (SSSR count). The molecule has 0 bridgehead atoms. The fraction of sp³-hybridized carbons (Fsp3) is 0.0357. The Labute approximate surface area is 343 Å². The van der Waals surface area contributed by atoms with Crippen molar-refractivity contribution in [1.29, 1.82) is 0 Å². The number of aromatic nitrogens is 1. The molecule has 0 spiro atoms. The Balaban J connectivity index is 0.938. The van der Waals surface area contributed by atoms with E-state index in [-0.39, 0.29) is 0 Å². The molecule has 1 aromatic heterocycles. The van der Waals surface area contributed by atoms with E-state index in [1.165, 1.54) is 94.4 Å². The second-order valence-corrected chi connectivity index (χ2v) is 15.6. The Morgan fingerprint density at radius 1 is 0.356 bits per heavy atom. The summed E-state index contributed by atoms with van der Waals surface area (Å²) in [5, 5.41) is 2.47. The topological polar surface area (TPSA) is 17.4 Å². The summed E-state index contributed by atoms with van der Waals surface area (Å²) in [7, 11) is 0. The van der Waals surface area contributed by atoms with Gasteiger partial charge in [0.2, 0.25) is 0 Å². The summed E-state index contributed by atoms with van der Waals surface area (Å²) in [4.78, 5) is 2.49. The highest BCUT2D eigenvalue weighted by Crippen LogP contribution is 2.48. The number of ether oxygens (including phenoxy) is 1. The van der Waals surface area contributed by atoms with E-state index in [0.29, 0.717) is 6.61 Å². The van der Waals surface area contributed by atoms with Crippen LogP contribution in [0, 0.1) is 0 Å². The summed E-state index contributed by atoms with van der Waals surface area (Å²) in [6.07, 6.45) is 0. The second kappa shape index (κ2) is 13.5. The van der Waals surface area contributed by atoms with Crippen LogP contribution < -0.4 is 9.64 Å². The molecule has 0 aliphatic carbocycles. The standard InChI is InChI=1S/C56H38N2O/c1-2-13-37(14-3-1)38-25-27-39(28-26-38)44-16-6-9-20-50(44)57-35-42-30-29-40(33-48(42)46-18-7-10-21-51(46)57)41-31-32-53-49(34-41)47-19-8-11-22-52(47)58(53)54-23-12-24-55-56(54)45-17-5-4-15-43(45)36-59-55/h1-34H,35-36H2. The number of hydrogen-bond donors (Lipinski definition) is 0. The van der Waals surface area contributed by atoms with Gasteiger partial charge in [0.1, 0.15) is 12.4 Å². The van der Waals surface area contributed by atoms with Crippen molar-refractivity contribution >= 4 is 33.2 Å². The lowest BCUT2D eigenvalue weighted by molar-refractivity contribution is 0.302. The van der Waals surface area contributed by atoms with Crippen molar-refractivity contribution in [3.63, 3.8) is 0 Å². The van der Waals surface area contributed by atoms with Crippen molar-refractivity contribution in [3.05, 3.63) is 217 Å². The summed E-state index contributed by atoms with van der Waals surface area (Å²) in [5.41, 5.74) is 20.7. The van der Waals surface area contributed by atoms with Crippen LogP contribution >= 0.6 is 0 Å². The molecule has 9 aromatic carbocycles. The van der Waals surface area contributed by atoms with Crippen LogP contribution in [0.15, 0.2) is 206 Å². The summed E-state index contributed by atoms with van der Waals surface area (Å²) in [5.74, 6) is 0.928. The van der Waals surface area contributed by atoms with Gasteiger partial charge >= 0.3 is 0 Å². The molecule has 278 valence electrons. The quantitative estimate of drug-likeness (QED) is 0.174. The molecule has 10 aromatic rings. The minimum atomic E-state index is 0.587. The molecule has 0 saturated heterocycles. The van der Waals surface area contributed by atoms with Crippen LogP contribution in [0.4, 0.5) is 11.4 Å². The highest BCUT2D eigenvalue weighted by Gasteiger charge is 2.26. The van der Waals surface area contributed by atoms with E-state index in [9.17, 15) is 0 Å². The third kappa shape index (κ3) is 5.43. The molecule has 2 aliphatic rings. The number of nitrogens with zero attached hydrogens (tertiary/aromatic N) is 2. The zero-order valence-electron chi connectivity index (χ0n) is 32.3. The normalized spacial score (nSPS) is 12.7. The number of hydrogen-bond acceptors (Lipinski definition) is 2. The fourth-order valence-electron chi connectivity index (χ4n) is 9.53. The maximum atomic E-state index is 6.32. The molecule has 0 radical (unpaired) electrons. The molecular formula is C56H38N2O. The van der Waals surface area contributed by atoms with Gasteiger partial charge in [0.25, 0.3) is 0 Å². The number of fused-ring (bicyclic) bond motifs is 9. The molecule has 0 fully saturated rings. The Bertz CT molecular complexity index is 3250. The van der Waals surface area contributed by atoms with Crippen molar-refractivity contribution in [3.8, 4) is 67.1 Å². The molecule has 3 heteroatoms. The summed E-state index contributed by atoms with van der Waals surface area (Å²) in [6.45, 7) is 1.37. The zero-order valence-corrected chi connectivity index (χ0v) is 32.3. The first-order chi connectivity index (χ1) is 29.3. The number of anilines is 2. The Hall–Kier alpha value is -7.62. The van der Waals surface area contributed by atoms with E-state index in [1.54, 1.807) is 0 Å². The third-order valence-electron chi connectivity index (χ3n) is 12.3. The SMILES string of the molecule is c1ccc(-c2ccc(-c3ccccc3N3Cc4ccc(-c5ccc6c(c5)c5ccccc5n6-c5cccc6c5-c5ccccc5CO6)cc4-c4ccccc43)cc2)cc1. The van der Waals surface area contributed by atoms with E-state index in [0.717, 1.165) is 23.5 Å². The first-order valence-electron chi connectivity index (χ1n) is 20.4. The Kier molecular flexibility index (Phi) is 7.67. The summed E-state index contributed by atoms with van der Waals surface area (Å²) in [6, 6.07) is 75.2. The van der Waals surface area contributed by atoms with Crippen molar-refractivity contribution in [1.82, 2.24) is 4.57 Å². The maximum absolute atomic E-state index is 6.32. The van der Waals surface area contributed by atoms with E-state index in [1.807, 2.05) is 0 Å². The molecule has 59 heavy (non-hydrogen) atoms. The monoisotopic (exact) mass is 754 g/mol. The molecule has 0 N–H and O–H groups in total. The van der Waals surface area contributed by atoms with E-state index in [4.69, 9.17) is 4.74 Å². The van der Waals surface area contributed by atoms with Gasteiger partial charge in [0.15, 0.2) is 0 Å². The molecule has 3 heterocycles. The van der Waals surface area contributed by atoms with Gasteiger partial charge in [0, 0.05) is 45.4 Å². The minimum absolute atomic E-state index is 0.587. The van der Waals surface area contributed by atoms with Gasteiger partial charge in [-0.15, -0.1) is 0 Å². The summed E-state index contributed by atoms with van der Waals surface area (Å²) < 4.78 is 8.74. The Morgan fingerprint density at radius 3 is 1.83 bits per heavy atom. The van der Waals surface area contributed by atoms with Crippen molar-refractivity contribution in [2.24, 2.45) is 0 Å². The van der Waals surface area contributed by atoms with Gasteiger partial charge in [-0.25, -0.2) is 0 Å². The maximum Gasteiger partial charge on any atom is 0.129 e. The van der Waals surface area contributed by atoms with Gasteiger partial charge < -0.3 is 14.2 Å². The van der Waals surface area contributed by atoms with Gasteiger partial charge in [-0.3, -0.25) is 0 Å². The van der Waals surface area contributed by atoms with Crippen LogP contribution in [0.3, 0.4) is 0 Å². The van der Waals surface area contributed by atoms with E-state index >= 15 is 0 Å². The highest BCUT2D eigenvalue weighted by atomic mass is 16.5. The van der Waals surface area contributed by atoms with Gasteiger partial charge in [-0.2, -0.15) is 0 Å². The predicted octanol–water partition coefficient (Wildman–Crippen LogP) is 14.7. The van der Waals surface area contributed by atoms with Crippen LogP contribution in [0.2, 0.25) is 0 Å². The van der Waals surface area contributed by atoms with Crippen molar-refractivity contribution in [2.75, 3.05) is 4.90 Å². The highest BCUT2D eigenvalue weighted by molar-refractivity contribution is 6.11. The largest absolute Gasteiger partial charge is 0.488 e. The first-order valence-corrected chi connectivity index (χ1v) is 20.4. The zero-order chi connectivity index (χ0) is 38.9. The predicted molar refractivity (Wildman–Crippen MR) is 245 cm³/mol. The lowest BCUT2D eigenvalue weighted by atomic mass is 9.89. The lowest BCUT2D eigenvalue weighted by Gasteiger charge is -2.34. The minimum Gasteiger partial charge on any atom is -0.488 e. The molecule has 0 atom stereocenters. The van der Waals surface area contributed by atoms with Crippen molar-refractivity contribution in [2.45, 2.75) is 13.2 Å². The number of rotatable bonds is 5. The molecule has 0 saturated carbocycles. The Morgan fingerprint density at radius 2 is 0.966 bits per heavy atom. The smallest absolute Gasteiger partial charge is 0.129 e. The van der Waals surface area contributed by atoms with Crippen LogP contribution in [-0.4, -0.2) is 4.57 Å². The summed E-state index contributed by atoms with van der Waals surface area (Å²) >= 11 is 0. The third-order valence-corrected chi connectivity index (χ3v) is 12.3. The van der Waals surface area contributed by atoms with Crippen LogP contribution in [0.5, 0.6) is 5.75 Å². The molecular weight excluding hydrogens is 717 g/mol. The molecule has 0 unspecified atom stereocenters. The average molecular weight is 755 g/mol. The van der Waals surface area contributed by atoms with E-state index in [2.05, 4.69) is 216 Å². The average Bonchev–Trinajstić information content (AvgIpc) is 3.64. The molecule has 3 nitrogen and oxygen atoms in total. The molecule has 2 aliphatic heterocycles. The lowest BCUT2D eigenvalue weighted by Crippen LogP contribution is -2.22. The van der Waals surface area contributed by atoms with E-state index < -0.39 is 0 Å². The van der Waals surface area contributed by atoms with Gasteiger partial charge in [0.05, 0.1) is 16.7 Å². The fourth-order valence-corrected chi connectivity index (χ4v) is 9.53. The van der Waals surface area contributed by atoms with Gasteiger partial charge in [-0.1, -0.05) is 158 Å².